The Morgan fingerprint density at radius 1 is 1.06 bits per heavy atom. The van der Waals surface area contributed by atoms with Gasteiger partial charge in [0.25, 0.3) is 0 Å². The maximum atomic E-state index is 11.8. The van der Waals surface area contributed by atoms with Crippen LogP contribution in [0.15, 0.2) is 11.6 Å². The Balaban J connectivity index is 1.07. The van der Waals surface area contributed by atoms with E-state index >= 15 is 0 Å². The molecule has 6 aliphatic rings. The molecule has 0 aromatic heterocycles. The van der Waals surface area contributed by atoms with Gasteiger partial charge in [-0.15, -0.1) is 0 Å². The van der Waals surface area contributed by atoms with Gasteiger partial charge in [0, 0.05) is 23.6 Å². The number of carbonyl (C=O) groups is 1. The van der Waals surface area contributed by atoms with Crippen LogP contribution in [0, 0.1) is 40.4 Å². The molecule has 1 unspecified atom stereocenters. The second-order valence-electron chi connectivity index (χ2n) is 13.5. The molecule has 1 N–H and O–H groups in total. The number of aliphatic hydroxyl groups is 1. The molecule has 0 spiro atoms. The van der Waals surface area contributed by atoms with E-state index in [1.54, 1.807) is 0 Å². The van der Waals surface area contributed by atoms with E-state index in [4.69, 9.17) is 4.74 Å². The molecule has 0 amide bonds. The van der Waals surface area contributed by atoms with Crippen molar-refractivity contribution in [3.05, 3.63) is 11.6 Å². The molecule has 5 heteroatoms. The van der Waals surface area contributed by atoms with Crippen LogP contribution in [0.3, 0.4) is 0 Å². The van der Waals surface area contributed by atoms with E-state index in [0.29, 0.717) is 23.4 Å². The van der Waals surface area contributed by atoms with Gasteiger partial charge in [-0.1, -0.05) is 13.8 Å². The van der Waals surface area contributed by atoms with Crippen molar-refractivity contribution in [1.29, 1.82) is 0 Å². The van der Waals surface area contributed by atoms with Gasteiger partial charge in [-0.05, 0) is 130 Å². The Morgan fingerprint density at radius 2 is 1.83 bits per heavy atom. The summed E-state index contributed by atoms with van der Waals surface area (Å²) in [6.45, 7) is 9.01. The van der Waals surface area contributed by atoms with Crippen LogP contribution in [0.1, 0.15) is 84.5 Å². The normalized spacial score (nSPS) is 46.5. The highest BCUT2D eigenvalue weighted by Gasteiger charge is 2.60. The first kappa shape index (κ1) is 24.8. The van der Waals surface area contributed by atoms with Crippen molar-refractivity contribution < 1.29 is 14.6 Å². The summed E-state index contributed by atoms with van der Waals surface area (Å²) in [6.07, 6.45) is 16.5. The number of likely N-dealkylation sites (tertiary alicyclic amines) is 1. The zero-order valence-corrected chi connectivity index (χ0v) is 22.9. The van der Waals surface area contributed by atoms with Crippen molar-refractivity contribution in [3.63, 3.8) is 0 Å². The monoisotopic (exact) mass is 501 g/mol. The Hall–Kier alpha value is -0.520. The van der Waals surface area contributed by atoms with Crippen molar-refractivity contribution in [2.24, 2.45) is 40.4 Å². The van der Waals surface area contributed by atoms with Gasteiger partial charge in [-0.25, -0.2) is 4.79 Å². The lowest BCUT2D eigenvalue weighted by atomic mass is 9.44. The molecule has 0 bridgehead atoms. The minimum absolute atomic E-state index is 0.119. The number of fused-ring (bicyclic) bond motifs is 5. The van der Waals surface area contributed by atoms with Crippen molar-refractivity contribution >= 4 is 17.7 Å². The molecule has 6 rings (SSSR count). The molecule has 2 heterocycles. The van der Waals surface area contributed by atoms with Gasteiger partial charge in [0.05, 0.1) is 6.10 Å². The third-order valence-electron chi connectivity index (χ3n) is 11.9. The number of thioether (sulfide) groups is 1. The topological polar surface area (TPSA) is 49.8 Å². The maximum Gasteiger partial charge on any atom is 0.331 e. The first-order chi connectivity index (χ1) is 16.9. The van der Waals surface area contributed by atoms with Crippen LogP contribution in [-0.2, 0) is 9.53 Å². The minimum Gasteiger partial charge on any atom is -0.458 e. The summed E-state index contributed by atoms with van der Waals surface area (Å²) in [5.41, 5.74) is 2.17. The third-order valence-corrected chi connectivity index (χ3v) is 13.4. The number of ether oxygens (including phenoxy) is 1. The molecule has 1 saturated heterocycles. The van der Waals surface area contributed by atoms with E-state index in [1.165, 1.54) is 89.3 Å². The first-order valence-corrected chi connectivity index (χ1v) is 15.8. The highest BCUT2D eigenvalue weighted by atomic mass is 32.2. The predicted molar refractivity (Wildman–Crippen MR) is 142 cm³/mol. The average Bonchev–Trinajstić information content (AvgIpc) is 3.57. The zero-order chi connectivity index (χ0) is 24.2. The number of β-amino-alcohol motifs (C(OH)–C–C–N with tert-alkyl or cyclic N) is 1. The predicted octanol–water partition coefficient (Wildman–Crippen LogP) is 5.69. The fraction of sp³-hybridized carbons (Fsp3) is 0.900. The van der Waals surface area contributed by atoms with Crippen LogP contribution >= 0.6 is 11.8 Å². The molecule has 0 aromatic carbocycles. The van der Waals surface area contributed by atoms with Gasteiger partial charge in [-0.3, -0.25) is 0 Å². The summed E-state index contributed by atoms with van der Waals surface area (Å²) in [4.78, 5) is 14.2. The van der Waals surface area contributed by atoms with E-state index in [1.807, 2.05) is 6.08 Å². The lowest BCUT2D eigenvalue weighted by Crippen LogP contribution is -2.53. The summed E-state index contributed by atoms with van der Waals surface area (Å²) >= 11 is 2.08. The van der Waals surface area contributed by atoms with E-state index in [-0.39, 0.29) is 12.1 Å². The lowest BCUT2D eigenvalue weighted by Gasteiger charge is -2.61. The number of carbonyl (C=O) groups excluding carboxylic acids is 1. The van der Waals surface area contributed by atoms with Gasteiger partial charge in [0.15, 0.2) is 0 Å². The summed E-state index contributed by atoms with van der Waals surface area (Å²) in [6, 6.07) is 0. The zero-order valence-electron chi connectivity index (χ0n) is 22.1. The van der Waals surface area contributed by atoms with Crippen molar-refractivity contribution in [2.45, 2.75) is 95.8 Å². The van der Waals surface area contributed by atoms with Gasteiger partial charge < -0.3 is 14.7 Å². The SMILES string of the molecule is C[C@]12CC[C@H](SCC(O)CN3CCCC3)C[C@H]1CC[C@@H]1[C@@H]2CC[C@]2(C)[C@@H](C3=CC(=O)OC3)CC[C@@H]12. The molecular formula is C30H47NO3S. The van der Waals surface area contributed by atoms with Crippen LogP contribution < -0.4 is 0 Å². The smallest absolute Gasteiger partial charge is 0.331 e. The Morgan fingerprint density at radius 3 is 2.60 bits per heavy atom. The third kappa shape index (κ3) is 4.44. The second-order valence-corrected chi connectivity index (χ2v) is 14.9. The number of hydrogen-bond donors (Lipinski definition) is 1. The van der Waals surface area contributed by atoms with Gasteiger partial charge in [0.2, 0.25) is 0 Å². The average molecular weight is 502 g/mol. The van der Waals surface area contributed by atoms with Gasteiger partial charge in [-0.2, -0.15) is 11.8 Å². The van der Waals surface area contributed by atoms with E-state index in [9.17, 15) is 9.90 Å². The van der Waals surface area contributed by atoms with Crippen molar-refractivity contribution in [2.75, 3.05) is 32.0 Å². The molecule has 4 aliphatic carbocycles. The summed E-state index contributed by atoms with van der Waals surface area (Å²) in [5, 5.41) is 11.4. The molecule has 5 fully saturated rings. The number of cyclic esters (lactones) is 1. The fourth-order valence-corrected chi connectivity index (χ4v) is 11.4. The highest BCUT2D eigenvalue weighted by Crippen LogP contribution is 2.68. The van der Waals surface area contributed by atoms with Crippen LogP contribution in [0.5, 0.6) is 0 Å². The molecule has 9 atom stereocenters. The van der Waals surface area contributed by atoms with E-state index < -0.39 is 0 Å². The largest absolute Gasteiger partial charge is 0.458 e. The summed E-state index contributed by atoms with van der Waals surface area (Å²) in [7, 11) is 0. The molecule has 35 heavy (non-hydrogen) atoms. The highest BCUT2D eigenvalue weighted by molar-refractivity contribution is 7.99. The minimum atomic E-state index is -0.163. The van der Waals surface area contributed by atoms with E-state index in [0.717, 1.165) is 41.2 Å². The number of nitrogens with zero attached hydrogens (tertiary/aromatic N) is 1. The number of aliphatic hydroxyl groups excluding tert-OH is 1. The Labute approximate surface area is 217 Å². The summed E-state index contributed by atoms with van der Waals surface area (Å²) in [5.74, 6) is 4.83. The van der Waals surface area contributed by atoms with Gasteiger partial charge >= 0.3 is 5.97 Å². The number of hydrogen-bond acceptors (Lipinski definition) is 5. The van der Waals surface area contributed by atoms with Crippen molar-refractivity contribution in [3.8, 4) is 0 Å². The number of rotatable bonds is 6. The number of esters is 1. The quantitative estimate of drug-likeness (QED) is 0.474. The molecule has 2 aliphatic heterocycles. The second kappa shape index (κ2) is 9.66. The van der Waals surface area contributed by atoms with Crippen LogP contribution in [0.4, 0.5) is 0 Å². The first-order valence-electron chi connectivity index (χ1n) is 14.8. The molecule has 196 valence electrons. The van der Waals surface area contributed by atoms with Crippen molar-refractivity contribution in [1.82, 2.24) is 4.90 Å². The maximum absolute atomic E-state index is 11.8. The molecule has 0 aromatic rings. The fourth-order valence-electron chi connectivity index (χ4n) is 10.1. The summed E-state index contributed by atoms with van der Waals surface area (Å²) < 4.78 is 5.32. The Kier molecular flexibility index (Phi) is 6.84. The lowest BCUT2D eigenvalue weighted by molar-refractivity contribution is -0.135. The van der Waals surface area contributed by atoms with Gasteiger partial charge in [0.1, 0.15) is 6.61 Å². The Bertz CT molecular complexity index is 839. The molecule has 4 saturated carbocycles. The van der Waals surface area contributed by atoms with E-state index in [2.05, 4.69) is 30.5 Å². The van der Waals surface area contributed by atoms with Crippen LogP contribution in [-0.4, -0.2) is 59.3 Å². The van der Waals surface area contributed by atoms with Crippen LogP contribution in [0.25, 0.3) is 0 Å². The molecular weight excluding hydrogens is 454 g/mol. The van der Waals surface area contributed by atoms with Crippen LogP contribution in [0.2, 0.25) is 0 Å². The molecule has 4 nitrogen and oxygen atoms in total. The standard InChI is InChI=1S/C30H47NO3S/c1-29-11-9-23(35-19-22(32)17-31-13-3-4-14-31)16-21(29)5-6-24-26-8-7-25(20-15-28(33)34-18-20)30(26,2)12-10-27(24)29/h15,21-27,32H,3-14,16-19H2,1-2H3/t21-,22?,23+,24+,25-,26+,27+,29+,30-/m1/s1. The molecule has 0 radical (unpaired) electrons.